The molecule has 0 aliphatic carbocycles. The quantitative estimate of drug-likeness (QED) is 0.302. The summed E-state index contributed by atoms with van der Waals surface area (Å²) in [5, 5.41) is 8.80. The van der Waals surface area contributed by atoms with Crippen molar-refractivity contribution in [2.45, 2.75) is 13.8 Å². The van der Waals surface area contributed by atoms with E-state index in [1.165, 1.54) is 0 Å². The van der Waals surface area contributed by atoms with Crippen molar-refractivity contribution in [3.8, 4) is 0 Å². The first-order valence-corrected chi connectivity index (χ1v) is 3.12. The average molecular weight is 156 g/mol. The van der Waals surface area contributed by atoms with Crippen molar-refractivity contribution in [3.05, 3.63) is 23.1 Å². The number of rotatable bonds is 2. The van der Waals surface area contributed by atoms with Crippen LogP contribution in [0, 0.1) is 0 Å². The van der Waals surface area contributed by atoms with Gasteiger partial charge in [0.1, 0.15) is 5.57 Å². The summed E-state index contributed by atoms with van der Waals surface area (Å²) in [5.74, 6) is -1.26. The van der Waals surface area contributed by atoms with Crippen LogP contribution in [-0.4, -0.2) is 11.0 Å². The van der Waals surface area contributed by atoms with E-state index in [-0.39, 0.29) is 5.57 Å². The van der Waals surface area contributed by atoms with Gasteiger partial charge in [0.15, 0.2) is 5.88 Å². The Balaban J connectivity index is 4.95. The third kappa shape index (κ3) is 2.33. The molecule has 0 aromatic carbocycles. The van der Waals surface area contributed by atoms with Crippen molar-refractivity contribution in [3.63, 3.8) is 0 Å². The van der Waals surface area contributed by atoms with Gasteiger partial charge in [0.2, 0.25) is 0 Å². The van der Waals surface area contributed by atoms with Crippen LogP contribution in [0.1, 0.15) is 13.8 Å². The molecule has 4 nitrogen and oxygen atoms in total. The molecule has 0 heterocycles. The van der Waals surface area contributed by atoms with Gasteiger partial charge in [-0.3, -0.25) is 4.79 Å². The summed E-state index contributed by atoms with van der Waals surface area (Å²) in [4.78, 5) is 10.6. The molecule has 0 aliphatic heterocycles. The van der Waals surface area contributed by atoms with E-state index in [1.807, 2.05) is 0 Å². The first kappa shape index (κ1) is 9.55. The monoisotopic (exact) mass is 156 g/mol. The number of nitrogens with two attached hydrogens (primary N) is 2. The van der Waals surface area contributed by atoms with Gasteiger partial charge in [0, 0.05) is 0 Å². The third-order valence-electron chi connectivity index (χ3n) is 1.33. The number of hydrogen-bond donors (Lipinski definition) is 3. The fraction of sp³-hybridized carbons (Fsp3) is 0.286. The zero-order valence-electron chi connectivity index (χ0n) is 6.59. The maximum atomic E-state index is 10.6. The molecule has 1 amide bonds. The molecular formula is C7H12N2O2. The lowest BCUT2D eigenvalue weighted by Gasteiger charge is -2.02. The molecule has 0 aromatic rings. The van der Waals surface area contributed by atoms with Gasteiger partial charge in [-0.15, -0.1) is 0 Å². The standard InChI is InChI=1S/C7H12N2O2/c1-3-4(2)5(6(8)10)7(9)11/h3,10H,8H2,1-2H3,(H2,9,11)/b4-3+,6-5+. The number of amides is 1. The van der Waals surface area contributed by atoms with Gasteiger partial charge < -0.3 is 16.6 Å². The largest absolute Gasteiger partial charge is 0.494 e. The second-order valence-electron chi connectivity index (χ2n) is 2.10. The highest BCUT2D eigenvalue weighted by Gasteiger charge is 2.10. The first-order chi connectivity index (χ1) is 5.00. The van der Waals surface area contributed by atoms with Crippen LogP contribution in [0.25, 0.3) is 0 Å². The zero-order chi connectivity index (χ0) is 9.02. The van der Waals surface area contributed by atoms with Crippen molar-refractivity contribution < 1.29 is 9.90 Å². The Labute approximate surface area is 65.2 Å². The average Bonchev–Trinajstić information content (AvgIpc) is 1.85. The summed E-state index contributed by atoms with van der Waals surface area (Å²) in [6.45, 7) is 3.37. The second kappa shape index (κ2) is 3.65. The lowest BCUT2D eigenvalue weighted by Crippen LogP contribution is -2.19. The van der Waals surface area contributed by atoms with Gasteiger partial charge in [-0.25, -0.2) is 0 Å². The fourth-order valence-corrected chi connectivity index (χ4v) is 0.667. The van der Waals surface area contributed by atoms with Crippen LogP contribution < -0.4 is 11.5 Å². The van der Waals surface area contributed by atoms with Crippen LogP contribution in [0.4, 0.5) is 0 Å². The molecular weight excluding hydrogens is 144 g/mol. The van der Waals surface area contributed by atoms with Gasteiger partial charge in [-0.1, -0.05) is 6.08 Å². The van der Waals surface area contributed by atoms with Crippen LogP contribution in [0.2, 0.25) is 0 Å². The maximum Gasteiger partial charge on any atom is 0.254 e. The van der Waals surface area contributed by atoms with E-state index in [9.17, 15) is 4.79 Å². The molecule has 0 atom stereocenters. The molecule has 5 N–H and O–H groups in total. The van der Waals surface area contributed by atoms with E-state index < -0.39 is 11.8 Å². The number of carbonyl (C=O) groups excluding carboxylic acids is 1. The van der Waals surface area contributed by atoms with Gasteiger partial charge in [-0.05, 0) is 19.4 Å². The minimum absolute atomic E-state index is 0.0208. The maximum absolute atomic E-state index is 10.6. The number of primary amides is 1. The Kier molecular flexibility index (Phi) is 3.17. The van der Waals surface area contributed by atoms with Gasteiger partial charge in [0.25, 0.3) is 5.91 Å². The zero-order valence-corrected chi connectivity index (χ0v) is 6.59. The van der Waals surface area contributed by atoms with E-state index in [2.05, 4.69) is 0 Å². The number of carbonyl (C=O) groups is 1. The van der Waals surface area contributed by atoms with E-state index in [0.29, 0.717) is 5.57 Å². The molecule has 11 heavy (non-hydrogen) atoms. The fourth-order valence-electron chi connectivity index (χ4n) is 0.667. The number of hydrogen-bond acceptors (Lipinski definition) is 3. The molecule has 0 saturated carbocycles. The summed E-state index contributed by atoms with van der Waals surface area (Å²) in [5.41, 5.74) is 10.5. The Bertz CT molecular complexity index is 225. The topological polar surface area (TPSA) is 89.3 Å². The molecule has 0 spiro atoms. The molecule has 0 unspecified atom stereocenters. The summed E-state index contributed by atoms with van der Waals surface area (Å²) < 4.78 is 0. The minimum atomic E-state index is -0.722. The lowest BCUT2D eigenvalue weighted by molar-refractivity contribution is -0.114. The molecule has 0 aliphatic rings. The Morgan fingerprint density at radius 1 is 1.45 bits per heavy atom. The SMILES string of the molecule is C/C=C(C)/C(C(N)=O)=C(/N)O. The number of aliphatic hydroxyl groups is 1. The smallest absolute Gasteiger partial charge is 0.254 e. The molecule has 0 aromatic heterocycles. The number of aliphatic hydroxyl groups excluding tert-OH is 1. The van der Waals surface area contributed by atoms with Gasteiger partial charge >= 0.3 is 0 Å². The lowest BCUT2D eigenvalue weighted by atomic mass is 10.1. The Hall–Kier alpha value is -1.45. The Morgan fingerprint density at radius 3 is 2.00 bits per heavy atom. The highest BCUT2D eigenvalue weighted by atomic mass is 16.3. The van der Waals surface area contributed by atoms with Crippen molar-refractivity contribution in [1.29, 1.82) is 0 Å². The molecule has 4 heteroatoms. The molecule has 0 rings (SSSR count). The predicted octanol–water partition coefficient (Wildman–Crippen LogP) is 0.166. The summed E-state index contributed by atoms with van der Waals surface area (Å²) >= 11 is 0. The van der Waals surface area contributed by atoms with Crippen LogP contribution >= 0.6 is 0 Å². The predicted molar refractivity (Wildman–Crippen MR) is 42.5 cm³/mol. The highest BCUT2D eigenvalue weighted by molar-refractivity contribution is 5.96. The first-order valence-electron chi connectivity index (χ1n) is 3.12. The summed E-state index contributed by atoms with van der Waals surface area (Å²) in [6.07, 6.45) is 1.64. The molecule has 0 fully saturated rings. The number of allylic oxidation sites excluding steroid dienone is 1. The minimum Gasteiger partial charge on any atom is -0.494 e. The van der Waals surface area contributed by atoms with Crippen LogP contribution in [0.5, 0.6) is 0 Å². The highest BCUT2D eigenvalue weighted by Crippen LogP contribution is 2.08. The normalized spacial score (nSPS) is 14.2. The van der Waals surface area contributed by atoms with Crippen molar-refractivity contribution in [1.82, 2.24) is 0 Å². The van der Waals surface area contributed by atoms with E-state index in [1.54, 1.807) is 19.9 Å². The molecule has 62 valence electrons. The summed E-state index contributed by atoms with van der Waals surface area (Å²) in [7, 11) is 0. The van der Waals surface area contributed by atoms with Gasteiger partial charge in [-0.2, -0.15) is 0 Å². The molecule has 0 saturated heterocycles. The second-order valence-corrected chi connectivity index (χ2v) is 2.10. The van der Waals surface area contributed by atoms with Crippen LogP contribution in [0.15, 0.2) is 23.1 Å². The van der Waals surface area contributed by atoms with Crippen LogP contribution in [0.3, 0.4) is 0 Å². The van der Waals surface area contributed by atoms with E-state index in [4.69, 9.17) is 16.6 Å². The van der Waals surface area contributed by atoms with Crippen molar-refractivity contribution in [2.24, 2.45) is 11.5 Å². The van der Waals surface area contributed by atoms with Gasteiger partial charge in [0.05, 0.1) is 0 Å². The van der Waals surface area contributed by atoms with E-state index in [0.717, 1.165) is 0 Å². The third-order valence-corrected chi connectivity index (χ3v) is 1.33. The summed E-state index contributed by atoms with van der Waals surface area (Å²) in [6, 6.07) is 0. The molecule has 0 radical (unpaired) electrons. The van der Waals surface area contributed by atoms with E-state index >= 15 is 0 Å². The molecule has 0 bridgehead atoms. The van der Waals surface area contributed by atoms with Crippen molar-refractivity contribution in [2.75, 3.05) is 0 Å². The Morgan fingerprint density at radius 2 is 1.91 bits per heavy atom. The van der Waals surface area contributed by atoms with Crippen LogP contribution in [-0.2, 0) is 4.79 Å². The van der Waals surface area contributed by atoms with Crippen molar-refractivity contribution >= 4 is 5.91 Å².